The first kappa shape index (κ1) is 20.3. The zero-order valence-corrected chi connectivity index (χ0v) is 14.9. The standard InChI is InChI=1S/C17H24N2O6/c1-11(2)8-18-15(20)10-25-16(21)9-19-17(22)12-5-13(23-3)7-14(6-12)24-4/h5-7,11H,8-10H2,1-4H3,(H,18,20)(H,19,22). The zero-order valence-electron chi connectivity index (χ0n) is 14.9. The van der Waals surface area contributed by atoms with Crippen molar-refractivity contribution in [2.45, 2.75) is 13.8 Å². The summed E-state index contributed by atoms with van der Waals surface area (Å²) in [4.78, 5) is 35.1. The molecule has 1 aromatic carbocycles. The SMILES string of the molecule is COc1cc(OC)cc(C(=O)NCC(=O)OCC(=O)NCC(C)C)c1. The van der Waals surface area contributed by atoms with Crippen LogP contribution in [0.4, 0.5) is 0 Å². The van der Waals surface area contributed by atoms with E-state index in [4.69, 9.17) is 14.2 Å². The van der Waals surface area contributed by atoms with Gasteiger partial charge in [-0.05, 0) is 18.1 Å². The molecule has 2 amide bonds. The lowest BCUT2D eigenvalue weighted by atomic mass is 10.2. The van der Waals surface area contributed by atoms with E-state index in [0.717, 1.165) is 0 Å². The van der Waals surface area contributed by atoms with Crippen molar-refractivity contribution in [3.8, 4) is 11.5 Å². The van der Waals surface area contributed by atoms with Crippen LogP contribution in [-0.4, -0.2) is 51.7 Å². The van der Waals surface area contributed by atoms with Gasteiger partial charge in [0, 0.05) is 18.2 Å². The summed E-state index contributed by atoms with van der Waals surface area (Å²) in [6, 6.07) is 4.66. The molecule has 0 atom stereocenters. The Morgan fingerprint density at radius 2 is 1.60 bits per heavy atom. The molecule has 0 unspecified atom stereocenters. The monoisotopic (exact) mass is 352 g/mol. The van der Waals surface area contributed by atoms with Gasteiger partial charge in [-0.3, -0.25) is 14.4 Å². The molecule has 1 rings (SSSR count). The summed E-state index contributed by atoms with van der Waals surface area (Å²) >= 11 is 0. The molecular weight excluding hydrogens is 328 g/mol. The summed E-state index contributed by atoms with van der Waals surface area (Å²) in [5, 5.41) is 5.04. The Hall–Kier alpha value is -2.77. The van der Waals surface area contributed by atoms with Gasteiger partial charge in [0.1, 0.15) is 18.0 Å². The van der Waals surface area contributed by atoms with Gasteiger partial charge in [-0.2, -0.15) is 0 Å². The van der Waals surface area contributed by atoms with Crippen LogP contribution in [-0.2, 0) is 14.3 Å². The van der Waals surface area contributed by atoms with Crippen molar-refractivity contribution in [3.63, 3.8) is 0 Å². The maximum absolute atomic E-state index is 12.1. The van der Waals surface area contributed by atoms with Gasteiger partial charge in [0.15, 0.2) is 6.61 Å². The molecule has 0 radical (unpaired) electrons. The Kier molecular flexibility index (Phi) is 8.25. The van der Waals surface area contributed by atoms with E-state index >= 15 is 0 Å². The highest BCUT2D eigenvalue weighted by Crippen LogP contribution is 2.22. The lowest BCUT2D eigenvalue weighted by Gasteiger charge is -2.10. The molecule has 0 aliphatic heterocycles. The average Bonchev–Trinajstić information content (AvgIpc) is 2.61. The largest absolute Gasteiger partial charge is 0.497 e. The summed E-state index contributed by atoms with van der Waals surface area (Å²) in [5.74, 6) is -0.367. The minimum absolute atomic E-state index is 0.277. The van der Waals surface area contributed by atoms with Crippen molar-refractivity contribution in [1.82, 2.24) is 10.6 Å². The highest BCUT2D eigenvalue weighted by atomic mass is 16.5. The van der Waals surface area contributed by atoms with E-state index in [1.165, 1.54) is 26.4 Å². The van der Waals surface area contributed by atoms with Crippen molar-refractivity contribution in [2.75, 3.05) is 33.9 Å². The number of rotatable bonds is 9. The van der Waals surface area contributed by atoms with Crippen LogP contribution < -0.4 is 20.1 Å². The number of esters is 1. The van der Waals surface area contributed by atoms with Gasteiger partial charge in [-0.1, -0.05) is 13.8 Å². The van der Waals surface area contributed by atoms with Crippen LogP contribution in [0.25, 0.3) is 0 Å². The maximum atomic E-state index is 12.1. The van der Waals surface area contributed by atoms with Crippen LogP contribution in [0.15, 0.2) is 18.2 Å². The fourth-order valence-corrected chi connectivity index (χ4v) is 1.76. The molecule has 0 spiro atoms. The summed E-state index contributed by atoms with van der Waals surface area (Å²) in [7, 11) is 2.94. The Morgan fingerprint density at radius 3 is 2.12 bits per heavy atom. The summed E-state index contributed by atoms with van der Waals surface area (Å²) in [5.41, 5.74) is 0.277. The molecule has 2 N–H and O–H groups in total. The van der Waals surface area contributed by atoms with Crippen molar-refractivity contribution in [2.24, 2.45) is 5.92 Å². The maximum Gasteiger partial charge on any atom is 0.325 e. The molecule has 0 aliphatic rings. The number of nitrogens with one attached hydrogen (secondary N) is 2. The number of benzene rings is 1. The second kappa shape index (κ2) is 10.2. The van der Waals surface area contributed by atoms with E-state index < -0.39 is 11.9 Å². The van der Waals surface area contributed by atoms with Gasteiger partial charge in [-0.25, -0.2) is 0 Å². The molecule has 1 aromatic rings. The molecule has 25 heavy (non-hydrogen) atoms. The van der Waals surface area contributed by atoms with Gasteiger partial charge < -0.3 is 24.8 Å². The van der Waals surface area contributed by atoms with Crippen LogP contribution in [0, 0.1) is 5.92 Å². The Bertz CT molecular complexity index is 593. The second-order valence-corrected chi connectivity index (χ2v) is 5.64. The number of hydrogen-bond donors (Lipinski definition) is 2. The molecule has 138 valence electrons. The number of methoxy groups -OCH3 is 2. The van der Waals surface area contributed by atoms with Crippen molar-refractivity contribution < 1.29 is 28.6 Å². The number of ether oxygens (including phenoxy) is 3. The first-order valence-electron chi connectivity index (χ1n) is 7.79. The number of carbonyl (C=O) groups is 3. The van der Waals surface area contributed by atoms with E-state index in [1.807, 2.05) is 13.8 Å². The molecular formula is C17H24N2O6. The molecule has 8 heteroatoms. The third-order valence-electron chi connectivity index (χ3n) is 3.08. The third kappa shape index (κ3) is 7.56. The van der Waals surface area contributed by atoms with Gasteiger partial charge in [0.05, 0.1) is 14.2 Å². The van der Waals surface area contributed by atoms with Gasteiger partial charge in [0.25, 0.3) is 11.8 Å². The van der Waals surface area contributed by atoms with E-state index in [9.17, 15) is 14.4 Å². The molecule has 0 aliphatic carbocycles. The van der Waals surface area contributed by atoms with Gasteiger partial charge >= 0.3 is 5.97 Å². The number of amides is 2. The van der Waals surface area contributed by atoms with Crippen molar-refractivity contribution in [1.29, 1.82) is 0 Å². The average molecular weight is 352 g/mol. The molecule has 0 fully saturated rings. The second-order valence-electron chi connectivity index (χ2n) is 5.64. The Labute approximate surface area is 146 Å². The first-order chi connectivity index (χ1) is 11.8. The summed E-state index contributed by atoms with van der Waals surface area (Å²) < 4.78 is 15.0. The molecule has 8 nitrogen and oxygen atoms in total. The molecule has 0 heterocycles. The fourth-order valence-electron chi connectivity index (χ4n) is 1.76. The van der Waals surface area contributed by atoms with Gasteiger partial charge in [-0.15, -0.1) is 0 Å². The van der Waals surface area contributed by atoms with Crippen LogP contribution in [0.2, 0.25) is 0 Å². The molecule has 0 aromatic heterocycles. The zero-order chi connectivity index (χ0) is 18.8. The number of hydrogen-bond acceptors (Lipinski definition) is 6. The quantitative estimate of drug-likeness (QED) is 0.636. The lowest BCUT2D eigenvalue weighted by Crippen LogP contribution is -2.35. The Balaban J connectivity index is 2.45. The van der Waals surface area contributed by atoms with Crippen molar-refractivity contribution in [3.05, 3.63) is 23.8 Å². The Morgan fingerprint density at radius 1 is 1.00 bits per heavy atom. The smallest absolute Gasteiger partial charge is 0.325 e. The summed E-state index contributed by atoms with van der Waals surface area (Å²) in [6.45, 7) is 3.68. The minimum atomic E-state index is -0.706. The normalized spacial score (nSPS) is 10.1. The van der Waals surface area contributed by atoms with E-state index in [-0.39, 0.29) is 24.6 Å². The van der Waals surface area contributed by atoms with Crippen LogP contribution in [0.1, 0.15) is 24.2 Å². The minimum Gasteiger partial charge on any atom is -0.497 e. The predicted octanol–water partition coefficient (Wildman–Crippen LogP) is 0.749. The lowest BCUT2D eigenvalue weighted by molar-refractivity contribution is -0.147. The highest BCUT2D eigenvalue weighted by Gasteiger charge is 2.13. The fraction of sp³-hybridized carbons (Fsp3) is 0.471. The highest BCUT2D eigenvalue weighted by molar-refractivity contribution is 5.96. The predicted molar refractivity (Wildman–Crippen MR) is 90.7 cm³/mol. The van der Waals surface area contributed by atoms with Crippen LogP contribution in [0.3, 0.4) is 0 Å². The van der Waals surface area contributed by atoms with E-state index in [0.29, 0.717) is 24.0 Å². The first-order valence-corrected chi connectivity index (χ1v) is 7.79. The molecule has 0 saturated heterocycles. The van der Waals surface area contributed by atoms with E-state index in [2.05, 4.69) is 10.6 Å². The van der Waals surface area contributed by atoms with Crippen LogP contribution in [0.5, 0.6) is 11.5 Å². The number of carbonyl (C=O) groups excluding carboxylic acids is 3. The molecule has 0 bridgehead atoms. The van der Waals surface area contributed by atoms with Gasteiger partial charge in [0.2, 0.25) is 0 Å². The van der Waals surface area contributed by atoms with E-state index in [1.54, 1.807) is 6.07 Å². The van der Waals surface area contributed by atoms with Crippen LogP contribution >= 0.6 is 0 Å². The molecule has 0 saturated carbocycles. The summed E-state index contributed by atoms with van der Waals surface area (Å²) in [6.07, 6.45) is 0. The third-order valence-corrected chi connectivity index (χ3v) is 3.08. The van der Waals surface area contributed by atoms with Crippen molar-refractivity contribution >= 4 is 17.8 Å². The topological polar surface area (TPSA) is 103 Å².